The van der Waals surface area contributed by atoms with Gasteiger partial charge < -0.3 is 0 Å². The van der Waals surface area contributed by atoms with Crippen LogP contribution in [0.1, 0.15) is 136 Å². The summed E-state index contributed by atoms with van der Waals surface area (Å²) < 4.78 is 0. The van der Waals surface area contributed by atoms with Crippen molar-refractivity contribution in [1.29, 1.82) is 0 Å². The Morgan fingerprint density at radius 3 is 2.53 bits per heavy atom. The third-order valence-corrected chi connectivity index (χ3v) is 9.72. The van der Waals surface area contributed by atoms with Crippen molar-refractivity contribution in [3.05, 3.63) is 65.0 Å². The molecule has 1 aromatic rings. The number of aromatic nitrogens is 1. The molecule has 38 heavy (non-hydrogen) atoms. The van der Waals surface area contributed by atoms with E-state index in [4.69, 9.17) is 4.98 Å². The van der Waals surface area contributed by atoms with Crippen molar-refractivity contribution >= 4 is 5.78 Å². The Morgan fingerprint density at radius 2 is 1.82 bits per heavy atom. The van der Waals surface area contributed by atoms with Crippen LogP contribution in [0.15, 0.2) is 48.1 Å². The maximum atomic E-state index is 12.6. The molecule has 0 aliphatic heterocycles. The number of carbonyl (C=O) groups is 1. The van der Waals surface area contributed by atoms with Crippen LogP contribution in [-0.4, -0.2) is 10.8 Å². The quantitative estimate of drug-likeness (QED) is 0.252. The van der Waals surface area contributed by atoms with Crippen LogP contribution < -0.4 is 0 Å². The lowest BCUT2D eigenvalue weighted by atomic mass is 9.80. The van der Waals surface area contributed by atoms with E-state index in [1.807, 2.05) is 13.8 Å². The highest BCUT2D eigenvalue weighted by atomic mass is 16.1. The van der Waals surface area contributed by atoms with Crippen molar-refractivity contribution in [2.24, 2.45) is 23.7 Å². The Bertz CT molecular complexity index is 998. The zero-order valence-corrected chi connectivity index (χ0v) is 24.6. The lowest BCUT2D eigenvalue weighted by molar-refractivity contribution is -0.120. The number of pyridine rings is 1. The molecular weight excluding hydrogens is 462 g/mol. The third kappa shape index (κ3) is 8.03. The summed E-state index contributed by atoms with van der Waals surface area (Å²) >= 11 is 0. The fraction of sp³-hybridized carbons (Fsp3) is 0.667. The number of rotatable bonds is 8. The number of ketones is 1. The Morgan fingerprint density at radius 1 is 1.05 bits per heavy atom. The maximum Gasteiger partial charge on any atom is 0.133 e. The average molecular weight is 520 g/mol. The van der Waals surface area contributed by atoms with Gasteiger partial charge in [0.25, 0.3) is 0 Å². The molecule has 0 N–H and O–H groups in total. The number of fused-ring (bicyclic) bond motifs is 1. The van der Waals surface area contributed by atoms with Crippen LogP contribution in [0.5, 0.6) is 0 Å². The summed E-state index contributed by atoms with van der Waals surface area (Å²) in [6, 6.07) is 4.64. The molecule has 2 fully saturated rings. The summed E-state index contributed by atoms with van der Waals surface area (Å²) in [4.78, 5) is 17.9. The van der Waals surface area contributed by atoms with E-state index in [-0.39, 0.29) is 2.85 Å². The van der Waals surface area contributed by atoms with Crippen LogP contribution in [-0.2, 0) is 17.6 Å². The summed E-state index contributed by atoms with van der Waals surface area (Å²) in [7, 11) is 0. The summed E-state index contributed by atoms with van der Waals surface area (Å²) in [5.74, 6) is 3.95. The fourth-order valence-corrected chi connectivity index (χ4v) is 7.36. The monoisotopic (exact) mass is 519 g/mol. The van der Waals surface area contributed by atoms with Crippen molar-refractivity contribution < 1.29 is 7.65 Å². The topological polar surface area (TPSA) is 30.0 Å². The smallest absolute Gasteiger partial charge is 0.133 e. The van der Waals surface area contributed by atoms with E-state index in [1.54, 1.807) is 0 Å². The van der Waals surface area contributed by atoms with Crippen molar-refractivity contribution in [3.63, 3.8) is 0 Å². The van der Waals surface area contributed by atoms with E-state index in [2.05, 4.69) is 43.9 Å². The van der Waals surface area contributed by atoms with E-state index >= 15 is 0 Å². The molecule has 2 nitrogen and oxygen atoms in total. The molecule has 5 rings (SSSR count). The van der Waals surface area contributed by atoms with Gasteiger partial charge in [0.1, 0.15) is 5.78 Å². The number of nitrogens with zero attached hydrogens (tertiary/aromatic N) is 1. The van der Waals surface area contributed by atoms with Crippen LogP contribution in [0, 0.1) is 23.7 Å². The van der Waals surface area contributed by atoms with Gasteiger partial charge in [-0.25, -0.2) is 0 Å². The molecule has 0 spiro atoms. The van der Waals surface area contributed by atoms with Gasteiger partial charge in [-0.05, 0) is 99.5 Å². The molecule has 0 bridgehead atoms. The van der Waals surface area contributed by atoms with E-state index < -0.39 is 0 Å². The van der Waals surface area contributed by atoms with Crippen molar-refractivity contribution in [1.82, 2.24) is 4.98 Å². The number of hydrogen-bond donors (Lipinski definition) is 0. The van der Waals surface area contributed by atoms with Crippen LogP contribution in [0.2, 0.25) is 0 Å². The van der Waals surface area contributed by atoms with Crippen molar-refractivity contribution in [3.8, 4) is 0 Å². The Hall–Kier alpha value is -1.96. The van der Waals surface area contributed by atoms with Gasteiger partial charge in [0.2, 0.25) is 0 Å². The second-order valence-electron chi connectivity index (χ2n) is 12.7. The molecule has 2 unspecified atom stereocenters. The first-order valence-electron chi connectivity index (χ1n) is 16.1. The van der Waals surface area contributed by atoms with E-state index in [0.29, 0.717) is 30.0 Å². The maximum absolute atomic E-state index is 12.6. The summed E-state index contributed by atoms with van der Waals surface area (Å²) in [6.07, 6.45) is 25.7. The van der Waals surface area contributed by atoms with E-state index in [1.165, 1.54) is 85.9 Å². The molecule has 212 valence electrons. The van der Waals surface area contributed by atoms with Crippen LogP contribution in [0.3, 0.4) is 0 Å². The lowest BCUT2D eigenvalue weighted by Crippen LogP contribution is -2.16. The molecule has 0 amide bonds. The first-order chi connectivity index (χ1) is 18.5. The molecule has 1 heterocycles. The minimum Gasteiger partial charge on any atom is -0.300 e. The van der Waals surface area contributed by atoms with Gasteiger partial charge in [0.05, 0.1) is 0 Å². The minimum absolute atomic E-state index is 0. The first-order valence-corrected chi connectivity index (χ1v) is 16.1. The molecule has 4 aliphatic rings. The largest absolute Gasteiger partial charge is 0.300 e. The molecule has 2 saturated carbocycles. The van der Waals surface area contributed by atoms with Gasteiger partial charge in [-0.15, -0.1) is 0 Å². The van der Waals surface area contributed by atoms with Crippen molar-refractivity contribution in [2.75, 3.05) is 0 Å². The van der Waals surface area contributed by atoms with E-state index in [0.717, 1.165) is 50.4 Å². The van der Waals surface area contributed by atoms with Crippen molar-refractivity contribution in [2.45, 2.75) is 129 Å². The molecule has 4 aliphatic carbocycles. The zero-order valence-electron chi connectivity index (χ0n) is 24.6. The second kappa shape index (κ2) is 14.4. The van der Waals surface area contributed by atoms with Crippen LogP contribution in [0.4, 0.5) is 0 Å². The van der Waals surface area contributed by atoms with Gasteiger partial charge in [-0.2, -0.15) is 0 Å². The first kappa shape index (κ1) is 29.0. The standard InChI is InChI=1S/C34H47NO.C2H6.2H2/c1-24-7-10-28(11-8-24)23-32(36)19-16-26-12-14-27(15-13-26)22-31-18-17-30-21-25(2)9-20-33(34(30)35-31)29-5-3-4-6-29;1-2;;/h12-14,17-18,24,27-29,33H,2-11,15-16,19-23H2,1H3;1-2H3;2*1H. The molecule has 0 aromatic carbocycles. The minimum atomic E-state index is 0. The van der Waals surface area contributed by atoms with Gasteiger partial charge in [0.15, 0.2) is 0 Å². The molecule has 2 atom stereocenters. The average Bonchev–Trinajstić information content (AvgIpc) is 3.41. The molecular formula is C36H57NO. The number of hydrogen-bond acceptors (Lipinski definition) is 2. The summed E-state index contributed by atoms with van der Waals surface area (Å²) in [5, 5.41) is 0. The number of Topliss-reactive ketones (excluding diaryl/α,β-unsaturated/α-hetero) is 1. The second-order valence-corrected chi connectivity index (χ2v) is 12.7. The van der Waals surface area contributed by atoms with Crippen LogP contribution in [0.25, 0.3) is 0 Å². The highest BCUT2D eigenvalue weighted by Crippen LogP contribution is 2.43. The number of carbonyl (C=O) groups excluding carboxylic acids is 1. The Kier molecular flexibility index (Phi) is 11.0. The van der Waals surface area contributed by atoms with E-state index in [9.17, 15) is 4.79 Å². The molecule has 0 saturated heterocycles. The highest BCUT2D eigenvalue weighted by molar-refractivity contribution is 5.79. The van der Waals surface area contributed by atoms with Crippen LogP contribution >= 0.6 is 0 Å². The Balaban J connectivity index is 0.00000137. The third-order valence-electron chi connectivity index (χ3n) is 9.72. The summed E-state index contributed by atoms with van der Waals surface area (Å²) in [6.45, 7) is 10.7. The predicted molar refractivity (Wildman–Crippen MR) is 166 cm³/mol. The normalized spacial score (nSPS) is 27.7. The highest BCUT2D eigenvalue weighted by Gasteiger charge is 2.31. The molecule has 0 radical (unpaired) electrons. The van der Waals surface area contributed by atoms with Gasteiger partial charge in [0, 0.05) is 33.0 Å². The van der Waals surface area contributed by atoms with Gasteiger partial charge >= 0.3 is 0 Å². The lowest BCUT2D eigenvalue weighted by Gasteiger charge is -2.25. The van der Waals surface area contributed by atoms with Gasteiger partial charge in [-0.1, -0.05) is 88.5 Å². The van der Waals surface area contributed by atoms with Gasteiger partial charge in [-0.3, -0.25) is 9.78 Å². The predicted octanol–water partition coefficient (Wildman–Crippen LogP) is 10.4. The summed E-state index contributed by atoms with van der Waals surface area (Å²) in [5.41, 5.74) is 6.83. The number of allylic oxidation sites excluding steroid dienone is 5. The Labute approximate surface area is 236 Å². The molecule has 1 aromatic heterocycles. The fourth-order valence-electron chi connectivity index (χ4n) is 7.36. The zero-order chi connectivity index (χ0) is 26.9. The molecule has 2 heteroatoms. The SMILES string of the molecule is C=C1CCC(C2CCCC2)c2nc(CC3C=CC(CCC(=O)CC4CCC(C)CC4)=CC3)ccc2C1.CC.[HH].[HH].